The van der Waals surface area contributed by atoms with E-state index in [0.29, 0.717) is 17.9 Å². The van der Waals surface area contributed by atoms with Crippen LogP contribution in [0.15, 0.2) is 68.7 Å². The van der Waals surface area contributed by atoms with Gasteiger partial charge in [-0.15, -0.1) is 11.8 Å². The molecule has 1 heterocycles. The lowest BCUT2D eigenvalue weighted by atomic mass is 10.2. The summed E-state index contributed by atoms with van der Waals surface area (Å²) in [6, 6.07) is 16.5. The Morgan fingerprint density at radius 1 is 1.12 bits per heavy atom. The Labute approximate surface area is 155 Å². The van der Waals surface area contributed by atoms with Gasteiger partial charge in [0.2, 0.25) is 0 Å². The lowest BCUT2D eigenvalue weighted by Gasteiger charge is -2.08. The van der Waals surface area contributed by atoms with E-state index in [-0.39, 0.29) is 12.5 Å². The van der Waals surface area contributed by atoms with E-state index in [1.54, 1.807) is 36.0 Å². The Balaban J connectivity index is 1.42. The number of carbonyl (C=O) groups is 1. The predicted octanol–water partition coefficient (Wildman–Crippen LogP) is 3.39. The second-order valence-electron chi connectivity index (χ2n) is 5.75. The maximum atomic E-state index is 11.9. The third-order valence-electron chi connectivity index (χ3n) is 3.68. The van der Waals surface area contributed by atoms with E-state index in [2.05, 4.69) is 36.5 Å². The van der Waals surface area contributed by atoms with E-state index in [1.165, 1.54) is 16.5 Å². The van der Waals surface area contributed by atoms with Gasteiger partial charge < -0.3 is 14.5 Å². The molecule has 1 amide bonds. The van der Waals surface area contributed by atoms with Crippen molar-refractivity contribution in [3.63, 3.8) is 0 Å². The zero-order valence-corrected chi connectivity index (χ0v) is 15.2. The quantitative estimate of drug-likeness (QED) is 0.393. The van der Waals surface area contributed by atoms with Gasteiger partial charge in [0.25, 0.3) is 5.91 Å². The van der Waals surface area contributed by atoms with E-state index in [9.17, 15) is 9.59 Å². The van der Waals surface area contributed by atoms with Crippen molar-refractivity contribution in [3.8, 4) is 5.75 Å². The fourth-order valence-electron chi connectivity index (χ4n) is 2.32. The van der Waals surface area contributed by atoms with Crippen LogP contribution in [0.1, 0.15) is 5.56 Å². The highest BCUT2D eigenvalue weighted by Crippen LogP contribution is 2.19. The number of amides is 1. The van der Waals surface area contributed by atoms with Gasteiger partial charge in [0.1, 0.15) is 11.3 Å². The minimum atomic E-state index is -0.418. The topological polar surface area (TPSA) is 68.5 Å². The fourth-order valence-corrected chi connectivity index (χ4v) is 3.09. The van der Waals surface area contributed by atoms with Crippen LogP contribution in [0.3, 0.4) is 0 Å². The van der Waals surface area contributed by atoms with E-state index in [1.807, 2.05) is 0 Å². The highest BCUT2D eigenvalue weighted by Gasteiger charge is 2.05. The first-order valence-corrected chi connectivity index (χ1v) is 9.21. The zero-order chi connectivity index (χ0) is 18.4. The second-order valence-corrected chi connectivity index (χ2v) is 6.92. The van der Waals surface area contributed by atoms with Crippen LogP contribution in [0.2, 0.25) is 0 Å². The number of hydrogen-bond donors (Lipinski definition) is 1. The summed E-state index contributed by atoms with van der Waals surface area (Å²) in [5.41, 5.74) is 1.25. The Morgan fingerprint density at radius 3 is 2.69 bits per heavy atom. The minimum Gasteiger partial charge on any atom is -0.484 e. The average Bonchev–Trinajstić information content (AvgIpc) is 2.64. The van der Waals surface area contributed by atoms with Crippen LogP contribution >= 0.6 is 11.8 Å². The molecule has 0 bridgehead atoms. The van der Waals surface area contributed by atoms with Gasteiger partial charge in [-0.2, -0.15) is 0 Å². The van der Waals surface area contributed by atoms with Crippen molar-refractivity contribution in [3.05, 3.63) is 70.6 Å². The van der Waals surface area contributed by atoms with Crippen LogP contribution in [0.25, 0.3) is 11.0 Å². The van der Waals surface area contributed by atoms with Crippen LogP contribution in [0, 0.1) is 6.92 Å². The monoisotopic (exact) mass is 369 g/mol. The Kier molecular flexibility index (Phi) is 5.96. The molecule has 0 fully saturated rings. The molecule has 26 heavy (non-hydrogen) atoms. The van der Waals surface area contributed by atoms with Gasteiger partial charge in [-0.1, -0.05) is 17.7 Å². The summed E-state index contributed by atoms with van der Waals surface area (Å²) < 4.78 is 10.6. The van der Waals surface area contributed by atoms with E-state index in [0.717, 1.165) is 11.1 Å². The maximum Gasteiger partial charge on any atom is 0.336 e. The Bertz CT molecular complexity index is 950. The number of hydrogen-bond acceptors (Lipinski definition) is 5. The number of aryl methyl sites for hydroxylation is 1. The molecule has 0 saturated carbocycles. The maximum absolute atomic E-state index is 11.9. The number of rotatable bonds is 7. The van der Waals surface area contributed by atoms with Crippen molar-refractivity contribution < 1.29 is 13.9 Å². The summed E-state index contributed by atoms with van der Waals surface area (Å²) in [4.78, 5) is 24.3. The van der Waals surface area contributed by atoms with Gasteiger partial charge in [-0.05, 0) is 37.3 Å². The lowest BCUT2D eigenvalue weighted by molar-refractivity contribution is -0.122. The first-order chi connectivity index (χ1) is 12.6. The molecule has 0 aliphatic rings. The minimum absolute atomic E-state index is 0.0855. The van der Waals surface area contributed by atoms with Crippen LogP contribution in [0.5, 0.6) is 5.75 Å². The van der Waals surface area contributed by atoms with Crippen molar-refractivity contribution in [2.24, 2.45) is 0 Å². The average molecular weight is 369 g/mol. The Morgan fingerprint density at radius 2 is 1.88 bits per heavy atom. The number of fused-ring (bicyclic) bond motifs is 1. The van der Waals surface area contributed by atoms with E-state index in [4.69, 9.17) is 9.15 Å². The standard InChI is InChI=1S/C20H19NO4S/c1-14-2-7-17(8-3-14)26-11-10-21-19(22)13-24-16-6-4-15-5-9-20(23)25-18(15)12-16/h2-9,12H,10-11,13H2,1H3,(H,21,22). The molecule has 5 nitrogen and oxygen atoms in total. The molecule has 0 radical (unpaired) electrons. The molecule has 1 aromatic heterocycles. The SMILES string of the molecule is Cc1ccc(SCCNC(=O)COc2ccc3ccc(=O)oc3c2)cc1. The highest BCUT2D eigenvalue weighted by molar-refractivity contribution is 7.99. The number of benzene rings is 2. The molecule has 1 N–H and O–H groups in total. The summed E-state index contributed by atoms with van der Waals surface area (Å²) in [5, 5.41) is 3.62. The van der Waals surface area contributed by atoms with Gasteiger partial charge in [-0.25, -0.2) is 4.79 Å². The van der Waals surface area contributed by atoms with Crippen LogP contribution < -0.4 is 15.7 Å². The lowest BCUT2D eigenvalue weighted by Crippen LogP contribution is -2.30. The molecule has 3 rings (SSSR count). The van der Waals surface area contributed by atoms with Crippen molar-refractivity contribution >= 4 is 28.6 Å². The van der Waals surface area contributed by atoms with Crippen LogP contribution in [0.4, 0.5) is 0 Å². The Hall–Kier alpha value is -2.73. The van der Waals surface area contributed by atoms with Gasteiger partial charge >= 0.3 is 5.63 Å². The smallest absolute Gasteiger partial charge is 0.336 e. The molecule has 0 unspecified atom stereocenters. The highest BCUT2D eigenvalue weighted by atomic mass is 32.2. The second kappa shape index (κ2) is 8.58. The summed E-state index contributed by atoms with van der Waals surface area (Å²) >= 11 is 1.69. The molecule has 0 aliphatic heterocycles. The summed E-state index contributed by atoms with van der Waals surface area (Å²) in [6.45, 7) is 2.53. The molecule has 134 valence electrons. The molecule has 3 aromatic rings. The van der Waals surface area contributed by atoms with Gasteiger partial charge in [-0.3, -0.25) is 4.79 Å². The molecule has 2 aromatic carbocycles. The molecular weight excluding hydrogens is 350 g/mol. The molecule has 0 saturated heterocycles. The van der Waals surface area contributed by atoms with Crippen molar-refractivity contribution in [1.29, 1.82) is 0 Å². The van der Waals surface area contributed by atoms with Crippen LogP contribution in [-0.2, 0) is 4.79 Å². The number of carbonyl (C=O) groups excluding carboxylic acids is 1. The normalized spacial score (nSPS) is 10.7. The predicted molar refractivity (Wildman–Crippen MR) is 103 cm³/mol. The van der Waals surface area contributed by atoms with Gasteiger partial charge in [0.15, 0.2) is 6.61 Å². The first kappa shape index (κ1) is 18.1. The van der Waals surface area contributed by atoms with Gasteiger partial charge in [0, 0.05) is 34.7 Å². The third-order valence-corrected chi connectivity index (χ3v) is 4.69. The molecule has 0 atom stereocenters. The molecular formula is C20H19NO4S. The number of thioether (sulfide) groups is 1. The van der Waals surface area contributed by atoms with Crippen molar-refractivity contribution in [2.75, 3.05) is 18.9 Å². The largest absolute Gasteiger partial charge is 0.484 e. The first-order valence-electron chi connectivity index (χ1n) is 8.23. The molecule has 0 spiro atoms. The van der Waals surface area contributed by atoms with E-state index < -0.39 is 5.63 Å². The third kappa shape index (κ3) is 5.13. The molecule has 6 heteroatoms. The fraction of sp³-hybridized carbons (Fsp3) is 0.200. The van der Waals surface area contributed by atoms with Gasteiger partial charge in [0.05, 0.1) is 0 Å². The summed E-state index contributed by atoms with van der Waals surface area (Å²) in [5.74, 6) is 1.08. The van der Waals surface area contributed by atoms with Crippen molar-refractivity contribution in [2.45, 2.75) is 11.8 Å². The summed E-state index contributed by atoms with van der Waals surface area (Å²) in [6.07, 6.45) is 0. The number of ether oxygens (including phenoxy) is 1. The number of nitrogens with one attached hydrogen (secondary N) is 1. The van der Waals surface area contributed by atoms with Crippen LogP contribution in [-0.4, -0.2) is 24.8 Å². The summed E-state index contributed by atoms with van der Waals surface area (Å²) in [7, 11) is 0. The van der Waals surface area contributed by atoms with Crippen molar-refractivity contribution in [1.82, 2.24) is 5.32 Å². The van der Waals surface area contributed by atoms with E-state index >= 15 is 0 Å². The zero-order valence-electron chi connectivity index (χ0n) is 14.4. The molecule has 0 aliphatic carbocycles.